The van der Waals surface area contributed by atoms with Crippen molar-refractivity contribution in [1.82, 2.24) is 15.2 Å². The predicted molar refractivity (Wildman–Crippen MR) is 139 cm³/mol. The van der Waals surface area contributed by atoms with E-state index in [0.29, 0.717) is 13.0 Å². The maximum Gasteiger partial charge on any atom is 0.225 e. The monoisotopic (exact) mass is 481 g/mol. The number of carbonyl (C=O) groups is 1. The molecule has 0 radical (unpaired) electrons. The van der Waals surface area contributed by atoms with E-state index in [1.165, 1.54) is 11.1 Å². The van der Waals surface area contributed by atoms with Crippen LogP contribution in [0.2, 0.25) is 0 Å². The van der Waals surface area contributed by atoms with Crippen LogP contribution in [0.3, 0.4) is 0 Å². The summed E-state index contributed by atoms with van der Waals surface area (Å²) >= 11 is 0. The second-order valence-electron chi connectivity index (χ2n) is 9.86. The Labute approximate surface area is 212 Å². The van der Waals surface area contributed by atoms with Crippen LogP contribution >= 0.6 is 0 Å². The number of aromatic nitrogens is 1. The molecule has 1 amide bonds. The molecule has 4 heterocycles. The van der Waals surface area contributed by atoms with Crippen molar-refractivity contribution in [2.24, 2.45) is 0 Å². The first-order valence-electron chi connectivity index (χ1n) is 12.7. The predicted octanol–water partition coefficient (Wildman–Crippen LogP) is 4.47. The van der Waals surface area contributed by atoms with Crippen molar-refractivity contribution >= 4 is 11.5 Å². The van der Waals surface area contributed by atoms with Crippen molar-refractivity contribution in [3.8, 4) is 11.5 Å². The second kappa shape index (κ2) is 9.43. The average molecular weight is 482 g/mol. The Kier molecular flexibility index (Phi) is 5.97. The third-order valence-corrected chi connectivity index (χ3v) is 7.79. The van der Waals surface area contributed by atoms with Gasteiger partial charge < -0.3 is 19.7 Å². The fraction of sp³-hybridized carbons (Fsp3) is 0.333. The van der Waals surface area contributed by atoms with Crippen LogP contribution in [-0.4, -0.2) is 42.5 Å². The number of rotatable bonds is 4. The van der Waals surface area contributed by atoms with E-state index >= 15 is 0 Å². The standard InChI is InChI=1S/C30H31N3O3/c1-35-22-10-11-28-25(19-22)23(24-7-4-14-31-27(24)20-36-28)8-5-15-33-16-12-30(13-17-33)26-9-3-2-6-21(26)18-29(34)32-30/h2-4,6-11,14,19H,5,12-13,15-18,20H2,1H3,(H,32,34)/b23-8+. The normalized spacial score (nSPS) is 19.5. The van der Waals surface area contributed by atoms with Gasteiger partial charge in [-0.3, -0.25) is 9.78 Å². The Hall–Kier alpha value is -3.64. The summed E-state index contributed by atoms with van der Waals surface area (Å²) in [4.78, 5) is 19.5. The quantitative estimate of drug-likeness (QED) is 0.596. The number of likely N-dealkylation sites (tertiary alicyclic amines) is 1. The van der Waals surface area contributed by atoms with Gasteiger partial charge in [-0.05, 0) is 60.2 Å². The smallest absolute Gasteiger partial charge is 0.225 e. The molecule has 3 aliphatic rings. The highest BCUT2D eigenvalue weighted by molar-refractivity contribution is 5.85. The number of nitrogens with one attached hydrogen (secondary N) is 1. The Morgan fingerprint density at radius 1 is 1.11 bits per heavy atom. The number of methoxy groups -OCH3 is 1. The highest BCUT2D eigenvalue weighted by Crippen LogP contribution is 2.40. The van der Waals surface area contributed by atoms with E-state index in [-0.39, 0.29) is 11.4 Å². The van der Waals surface area contributed by atoms with E-state index < -0.39 is 0 Å². The number of hydrogen-bond donors (Lipinski definition) is 1. The number of ether oxygens (including phenoxy) is 2. The number of piperidine rings is 1. The van der Waals surface area contributed by atoms with Gasteiger partial charge in [0, 0.05) is 37.0 Å². The van der Waals surface area contributed by atoms with Gasteiger partial charge in [-0.15, -0.1) is 0 Å². The number of nitrogens with zero attached hydrogens (tertiary/aromatic N) is 2. The Morgan fingerprint density at radius 3 is 2.83 bits per heavy atom. The van der Waals surface area contributed by atoms with Crippen LogP contribution in [-0.2, 0) is 23.4 Å². The molecule has 2 aromatic carbocycles. The minimum absolute atomic E-state index is 0.142. The van der Waals surface area contributed by atoms with Crippen molar-refractivity contribution < 1.29 is 14.3 Å². The lowest BCUT2D eigenvalue weighted by Gasteiger charge is -2.45. The van der Waals surface area contributed by atoms with Gasteiger partial charge in [0.05, 0.1) is 24.8 Å². The molecule has 0 unspecified atom stereocenters. The number of hydrogen-bond acceptors (Lipinski definition) is 5. The lowest BCUT2D eigenvalue weighted by molar-refractivity contribution is -0.124. The van der Waals surface area contributed by atoms with Crippen molar-refractivity contribution in [1.29, 1.82) is 0 Å². The van der Waals surface area contributed by atoms with Gasteiger partial charge >= 0.3 is 0 Å². The summed E-state index contributed by atoms with van der Waals surface area (Å²) < 4.78 is 11.6. The van der Waals surface area contributed by atoms with Gasteiger partial charge in [0.2, 0.25) is 5.91 Å². The third kappa shape index (κ3) is 4.16. The zero-order chi connectivity index (χ0) is 24.5. The summed E-state index contributed by atoms with van der Waals surface area (Å²) in [5.41, 5.74) is 6.51. The third-order valence-electron chi connectivity index (χ3n) is 7.79. The molecule has 6 nitrogen and oxygen atoms in total. The summed E-state index contributed by atoms with van der Waals surface area (Å²) in [6, 6.07) is 18.5. The van der Waals surface area contributed by atoms with Crippen LogP contribution in [0.25, 0.3) is 5.57 Å². The molecule has 6 heteroatoms. The molecule has 1 aromatic heterocycles. The van der Waals surface area contributed by atoms with Crippen molar-refractivity contribution in [3.63, 3.8) is 0 Å². The van der Waals surface area contributed by atoms with Crippen LogP contribution in [0.4, 0.5) is 0 Å². The molecule has 36 heavy (non-hydrogen) atoms. The van der Waals surface area contributed by atoms with Crippen LogP contribution in [0.5, 0.6) is 11.5 Å². The summed E-state index contributed by atoms with van der Waals surface area (Å²) in [6.07, 6.45) is 7.41. The first kappa shape index (κ1) is 22.8. The largest absolute Gasteiger partial charge is 0.497 e. The molecular formula is C30H31N3O3. The first-order chi connectivity index (χ1) is 17.6. The lowest BCUT2D eigenvalue weighted by atomic mass is 9.75. The Balaban J connectivity index is 1.20. The lowest BCUT2D eigenvalue weighted by Crippen LogP contribution is -2.56. The fourth-order valence-corrected chi connectivity index (χ4v) is 5.92. The minimum atomic E-state index is -0.223. The SMILES string of the molecule is COc1ccc2c(c1)/C(=C/CCN1CCC3(CC1)NC(=O)Cc1ccccc13)c1cccnc1CO2. The Morgan fingerprint density at radius 2 is 1.97 bits per heavy atom. The molecular weight excluding hydrogens is 450 g/mol. The Bertz CT molecular complexity index is 1320. The molecule has 6 rings (SSSR count). The summed E-state index contributed by atoms with van der Waals surface area (Å²) in [7, 11) is 1.69. The molecule has 0 aliphatic carbocycles. The number of carbonyl (C=O) groups excluding carboxylic acids is 1. The summed E-state index contributed by atoms with van der Waals surface area (Å²) in [6.45, 7) is 3.34. The van der Waals surface area contributed by atoms with Crippen molar-refractivity contribution in [2.45, 2.75) is 37.8 Å². The van der Waals surface area contributed by atoms with Crippen LogP contribution in [0, 0.1) is 0 Å². The van der Waals surface area contributed by atoms with Gasteiger partial charge in [-0.2, -0.15) is 0 Å². The van der Waals surface area contributed by atoms with Crippen molar-refractivity contribution in [2.75, 3.05) is 26.7 Å². The van der Waals surface area contributed by atoms with E-state index in [4.69, 9.17) is 9.47 Å². The maximum atomic E-state index is 12.4. The fourth-order valence-electron chi connectivity index (χ4n) is 5.92. The minimum Gasteiger partial charge on any atom is -0.497 e. The van der Waals surface area contributed by atoms with E-state index in [2.05, 4.69) is 51.6 Å². The van der Waals surface area contributed by atoms with E-state index in [1.54, 1.807) is 7.11 Å². The topological polar surface area (TPSA) is 63.7 Å². The van der Waals surface area contributed by atoms with Gasteiger partial charge in [0.25, 0.3) is 0 Å². The second-order valence-corrected chi connectivity index (χ2v) is 9.86. The summed E-state index contributed by atoms with van der Waals surface area (Å²) in [5, 5.41) is 3.35. The molecule has 1 saturated heterocycles. The summed E-state index contributed by atoms with van der Waals surface area (Å²) in [5.74, 6) is 1.81. The van der Waals surface area contributed by atoms with E-state index in [1.807, 2.05) is 30.5 Å². The molecule has 1 fully saturated rings. The molecule has 0 saturated carbocycles. The molecule has 3 aliphatic heterocycles. The molecule has 1 N–H and O–H groups in total. The number of benzene rings is 2. The zero-order valence-corrected chi connectivity index (χ0v) is 20.6. The zero-order valence-electron chi connectivity index (χ0n) is 20.6. The van der Waals surface area contributed by atoms with Gasteiger partial charge in [-0.25, -0.2) is 0 Å². The highest BCUT2D eigenvalue weighted by Gasteiger charge is 2.41. The van der Waals surface area contributed by atoms with E-state index in [0.717, 1.165) is 72.8 Å². The number of pyridine rings is 1. The van der Waals surface area contributed by atoms with Gasteiger partial charge in [-0.1, -0.05) is 36.4 Å². The van der Waals surface area contributed by atoms with E-state index in [9.17, 15) is 4.79 Å². The van der Waals surface area contributed by atoms with Gasteiger partial charge in [0.15, 0.2) is 0 Å². The molecule has 0 bridgehead atoms. The number of fused-ring (bicyclic) bond motifs is 4. The molecule has 3 aromatic rings. The highest BCUT2D eigenvalue weighted by atomic mass is 16.5. The first-order valence-corrected chi connectivity index (χ1v) is 12.7. The number of amides is 1. The van der Waals surface area contributed by atoms with Gasteiger partial charge in [0.1, 0.15) is 18.1 Å². The molecule has 1 spiro atoms. The van der Waals surface area contributed by atoms with Crippen LogP contribution < -0.4 is 14.8 Å². The average Bonchev–Trinajstić information content (AvgIpc) is 3.06. The molecule has 0 atom stereocenters. The van der Waals surface area contributed by atoms with Crippen LogP contribution in [0.15, 0.2) is 66.9 Å². The van der Waals surface area contributed by atoms with Crippen LogP contribution in [0.1, 0.15) is 47.2 Å². The maximum absolute atomic E-state index is 12.4. The van der Waals surface area contributed by atoms with Crippen molar-refractivity contribution in [3.05, 3.63) is 94.8 Å². The molecule has 184 valence electrons.